The third kappa shape index (κ3) is 2.85. The number of nitrogens with zero attached hydrogens (tertiary/aromatic N) is 2. The molecule has 138 valence electrons. The second-order valence-corrected chi connectivity index (χ2v) is 8.13. The number of hydrogen-bond donors (Lipinski definition) is 0. The lowest BCUT2D eigenvalue weighted by atomic mass is 10.1. The molecule has 0 unspecified atom stereocenters. The van der Waals surface area contributed by atoms with Crippen molar-refractivity contribution in [2.24, 2.45) is 0 Å². The van der Waals surface area contributed by atoms with Gasteiger partial charge in [-0.15, -0.1) is 0 Å². The number of sulfonamides is 1. The van der Waals surface area contributed by atoms with E-state index < -0.39 is 27.8 Å². The number of amides is 2. The fraction of sp³-hybridized carbons (Fsp3) is 0.167. The first-order valence-corrected chi connectivity index (χ1v) is 9.80. The van der Waals surface area contributed by atoms with Gasteiger partial charge in [-0.1, -0.05) is 17.2 Å². The lowest BCUT2D eigenvalue weighted by Gasteiger charge is -2.17. The van der Waals surface area contributed by atoms with Crippen LogP contribution >= 0.6 is 0 Å². The molecule has 1 fully saturated rings. The van der Waals surface area contributed by atoms with E-state index in [4.69, 9.17) is 4.84 Å². The summed E-state index contributed by atoms with van der Waals surface area (Å²) in [5, 5.41) is 0.436. The van der Waals surface area contributed by atoms with Gasteiger partial charge in [-0.3, -0.25) is 13.9 Å². The molecular formula is C18H14N2O6S. The van der Waals surface area contributed by atoms with E-state index in [1.54, 1.807) is 12.1 Å². The molecule has 2 aromatic rings. The van der Waals surface area contributed by atoms with Gasteiger partial charge in [0, 0.05) is 6.54 Å². The Morgan fingerprint density at radius 2 is 1.52 bits per heavy atom. The number of hydroxylamine groups is 2. The van der Waals surface area contributed by atoms with Crippen molar-refractivity contribution in [2.45, 2.75) is 6.42 Å². The van der Waals surface area contributed by atoms with Crippen molar-refractivity contribution in [3.8, 4) is 0 Å². The molecule has 0 spiro atoms. The Hall–Kier alpha value is -3.20. The van der Waals surface area contributed by atoms with E-state index in [2.05, 4.69) is 0 Å². The zero-order chi connectivity index (χ0) is 19.2. The van der Waals surface area contributed by atoms with Gasteiger partial charge in [0.25, 0.3) is 11.8 Å². The molecule has 2 aliphatic heterocycles. The summed E-state index contributed by atoms with van der Waals surface area (Å²) in [6, 6.07) is 11.9. The molecule has 0 N–H and O–H groups in total. The second-order valence-electron chi connectivity index (χ2n) is 6.12. The standard InChI is InChI=1S/C18H14N2O6S/c21-16-14-4-1-2-5-15(14)17(22)20(16)26-18(23)12-6-8-13(9-7-12)19-10-3-11-27(19,24)25/h1-2,4-9H,3,10-11H2. The Morgan fingerprint density at radius 1 is 0.926 bits per heavy atom. The Balaban J connectivity index is 1.51. The van der Waals surface area contributed by atoms with Crippen molar-refractivity contribution in [1.82, 2.24) is 5.06 Å². The molecule has 0 aromatic heterocycles. The van der Waals surface area contributed by atoms with Crippen LogP contribution in [0.2, 0.25) is 0 Å². The molecule has 2 heterocycles. The van der Waals surface area contributed by atoms with E-state index in [1.807, 2.05) is 0 Å². The average Bonchev–Trinajstić information content (AvgIpc) is 3.14. The van der Waals surface area contributed by atoms with Crippen LogP contribution in [0.5, 0.6) is 0 Å². The van der Waals surface area contributed by atoms with Crippen LogP contribution in [0.3, 0.4) is 0 Å². The highest BCUT2D eigenvalue weighted by molar-refractivity contribution is 7.93. The number of hydrogen-bond acceptors (Lipinski definition) is 6. The van der Waals surface area contributed by atoms with Crippen molar-refractivity contribution in [3.63, 3.8) is 0 Å². The Morgan fingerprint density at radius 3 is 2.04 bits per heavy atom. The molecule has 2 aliphatic rings. The SMILES string of the molecule is O=C(ON1C(=O)c2ccccc2C1=O)c1ccc(N2CCCS2(=O)=O)cc1. The molecule has 0 saturated carbocycles. The van der Waals surface area contributed by atoms with Gasteiger partial charge in [0.2, 0.25) is 10.0 Å². The summed E-state index contributed by atoms with van der Waals surface area (Å²) in [7, 11) is -3.32. The zero-order valence-corrected chi connectivity index (χ0v) is 14.8. The van der Waals surface area contributed by atoms with E-state index in [9.17, 15) is 22.8 Å². The molecule has 1 saturated heterocycles. The van der Waals surface area contributed by atoms with Crippen LogP contribution in [0, 0.1) is 0 Å². The summed E-state index contributed by atoms with van der Waals surface area (Å²) in [5.74, 6) is -2.20. The fourth-order valence-electron chi connectivity index (χ4n) is 3.08. The molecule has 2 aromatic carbocycles. The van der Waals surface area contributed by atoms with Crippen molar-refractivity contribution >= 4 is 33.5 Å². The monoisotopic (exact) mass is 386 g/mol. The van der Waals surface area contributed by atoms with Crippen molar-refractivity contribution in [2.75, 3.05) is 16.6 Å². The Bertz CT molecular complexity index is 1030. The van der Waals surface area contributed by atoms with Gasteiger partial charge in [-0.05, 0) is 42.8 Å². The molecular weight excluding hydrogens is 372 g/mol. The van der Waals surface area contributed by atoms with Crippen LogP contribution in [-0.4, -0.2) is 43.6 Å². The van der Waals surface area contributed by atoms with Crippen LogP contribution in [0.15, 0.2) is 48.5 Å². The van der Waals surface area contributed by atoms with Crippen molar-refractivity contribution < 1.29 is 27.6 Å². The maximum atomic E-state index is 12.3. The van der Waals surface area contributed by atoms with Crippen LogP contribution in [-0.2, 0) is 14.9 Å². The zero-order valence-electron chi connectivity index (χ0n) is 14.0. The molecule has 0 aliphatic carbocycles. The third-order valence-electron chi connectivity index (χ3n) is 4.42. The first kappa shape index (κ1) is 17.2. The summed E-state index contributed by atoms with van der Waals surface area (Å²) in [6.07, 6.45) is 0.547. The highest BCUT2D eigenvalue weighted by Crippen LogP contribution is 2.26. The number of fused-ring (bicyclic) bond motifs is 1. The minimum atomic E-state index is -3.32. The molecule has 4 rings (SSSR count). The van der Waals surface area contributed by atoms with Gasteiger partial charge >= 0.3 is 5.97 Å². The van der Waals surface area contributed by atoms with Crippen LogP contribution in [0.4, 0.5) is 5.69 Å². The Labute approximate surface area is 154 Å². The lowest BCUT2D eigenvalue weighted by molar-refractivity contribution is -0.0584. The highest BCUT2D eigenvalue weighted by Gasteiger charge is 2.38. The Kier molecular flexibility index (Phi) is 3.96. The number of rotatable bonds is 3. The van der Waals surface area contributed by atoms with E-state index in [-0.39, 0.29) is 22.4 Å². The predicted octanol–water partition coefficient (Wildman–Crippen LogP) is 1.59. The van der Waals surface area contributed by atoms with Crippen LogP contribution in [0.1, 0.15) is 37.5 Å². The maximum absolute atomic E-state index is 12.3. The maximum Gasteiger partial charge on any atom is 0.363 e. The van der Waals surface area contributed by atoms with Crippen molar-refractivity contribution in [3.05, 3.63) is 65.2 Å². The van der Waals surface area contributed by atoms with E-state index in [0.717, 1.165) is 0 Å². The number of anilines is 1. The molecule has 8 nitrogen and oxygen atoms in total. The first-order valence-electron chi connectivity index (χ1n) is 8.19. The fourth-order valence-corrected chi connectivity index (χ4v) is 4.64. The summed E-state index contributed by atoms with van der Waals surface area (Å²) in [6.45, 7) is 0.390. The smallest absolute Gasteiger partial charge is 0.324 e. The molecule has 0 radical (unpaired) electrons. The summed E-state index contributed by atoms with van der Waals surface area (Å²) in [4.78, 5) is 41.7. The predicted molar refractivity (Wildman–Crippen MR) is 94.5 cm³/mol. The minimum absolute atomic E-state index is 0.0897. The van der Waals surface area contributed by atoms with E-state index >= 15 is 0 Å². The van der Waals surface area contributed by atoms with Crippen molar-refractivity contribution in [1.29, 1.82) is 0 Å². The normalized spacial score (nSPS) is 17.9. The molecule has 2 amide bonds. The van der Waals surface area contributed by atoms with Gasteiger partial charge in [0.05, 0.1) is 28.1 Å². The topological polar surface area (TPSA) is 101 Å². The summed E-state index contributed by atoms with van der Waals surface area (Å²) >= 11 is 0. The minimum Gasteiger partial charge on any atom is -0.324 e. The van der Waals surface area contributed by atoms with Crippen LogP contribution < -0.4 is 4.31 Å². The van der Waals surface area contributed by atoms with Gasteiger partial charge < -0.3 is 4.84 Å². The second kappa shape index (κ2) is 6.20. The largest absolute Gasteiger partial charge is 0.363 e. The van der Waals surface area contributed by atoms with Gasteiger partial charge in [-0.25, -0.2) is 13.2 Å². The molecule has 0 bridgehead atoms. The summed E-state index contributed by atoms with van der Waals surface area (Å²) in [5.41, 5.74) is 0.881. The van der Waals surface area contributed by atoms with Crippen LogP contribution in [0.25, 0.3) is 0 Å². The number of imide groups is 1. The number of benzene rings is 2. The summed E-state index contributed by atoms with van der Waals surface area (Å²) < 4.78 is 25.2. The number of carbonyl (C=O) groups excluding carboxylic acids is 3. The van der Waals surface area contributed by atoms with Gasteiger partial charge in [0.1, 0.15) is 0 Å². The van der Waals surface area contributed by atoms with E-state index in [1.165, 1.54) is 40.7 Å². The van der Waals surface area contributed by atoms with Gasteiger partial charge in [0.15, 0.2) is 0 Å². The van der Waals surface area contributed by atoms with Gasteiger partial charge in [-0.2, -0.15) is 0 Å². The molecule has 27 heavy (non-hydrogen) atoms. The molecule has 0 atom stereocenters. The average molecular weight is 386 g/mol. The first-order chi connectivity index (χ1) is 12.9. The third-order valence-corrected chi connectivity index (χ3v) is 6.29. The quantitative estimate of drug-likeness (QED) is 0.743. The van der Waals surface area contributed by atoms with E-state index in [0.29, 0.717) is 23.7 Å². The number of carbonyl (C=O) groups is 3. The lowest BCUT2D eigenvalue weighted by Crippen LogP contribution is -2.32. The highest BCUT2D eigenvalue weighted by atomic mass is 32.2. The molecule has 9 heteroatoms.